The molecule has 0 fully saturated rings. The Hall–Kier alpha value is -0.834. The van der Waals surface area contributed by atoms with Gasteiger partial charge in [0.1, 0.15) is 5.75 Å². The van der Waals surface area contributed by atoms with E-state index in [1.807, 2.05) is 54.6 Å². The molecular formula is C13H11ClMgO. The first-order valence-corrected chi connectivity index (χ1v) is 4.49. The number of benzene rings is 2. The van der Waals surface area contributed by atoms with E-state index in [-0.39, 0.29) is 35.5 Å². The molecule has 0 saturated carbocycles. The number of para-hydroxylation sites is 1. The van der Waals surface area contributed by atoms with Crippen molar-refractivity contribution in [1.29, 1.82) is 0 Å². The molecule has 16 heavy (non-hydrogen) atoms. The van der Waals surface area contributed by atoms with Gasteiger partial charge in [-0.1, -0.05) is 18.2 Å². The van der Waals surface area contributed by atoms with Crippen molar-refractivity contribution in [2.75, 3.05) is 0 Å². The molecule has 0 heterocycles. The van der Waals surface area contributed by atoms with E-state index >= 15 is 0 Å². The second-order valence-corrected chi connectivity index (χ2v) is 3.06. The fourth-order valence-corrected chi connectivity index (χ4v) is 1.23. The quantitative estimate of drug-likeness (QED) is 0.544. The monoisotopic (exact) mass is 242 g/mol. The van der Waals surface area contributed by atoms with E-state index in [9.17, 15) is 0 Å². The summed E-state index contributed by atoms with van der Waals surface area (Å²) in [5.74, 6) is 1.67. The van der Waals surface area contributed by atoms with Gasteiger partial charge in [0, 0.05) is 0 Å². The maximum absolute atomic E-state index is 5.62. The second-order valence-electron chi connectivity index (χ2n) is 3.06. The van der Waals surface area contributed by atoms with Crippen LogP contribution in [0.1, 0.15) is 5.56 Å². The molecule has 1 nitrogen and oxygen atoms in total. The van der Waals surface area contributed by atoms with Gasteiger partial charge in [-0.3, -0.25) is 0 Å². The van der Waals surface area contributed by atoms with Crippen molar-refractivity contribution >= 4 is 23.1 Å². The van der Waals surface area contributed by atoms with Gasteiger partial charge in [-0.2, -0.15) is 18.6 Å². The van der Waals surface area contributed by atoms with Crippen LogP contribution >= 0.6 is 0 Å². The van der Waals surface area contributed by atoms with Gasteiger partial charge in [-0.25, -0.2) is 0 Å². The minimum absolute atomic E-state index is 0. The van der Waals surface area contributed by atoms with Gasteiger partial charge in [0.15, 0.2) is 0 Å². The smallest absolute Gasteiger partial charge is 1.00 e. The molecule has 0 aliphatic heterocycles. The summed E-state index contributed by atoms with van der Waals surface area (Å²) in [6.45, 7) is 3.84. The van der Waals surface area contributed by atoms with Gasteiger partial charge in [-0.05, 0) is 18.2 Å². The first kappa shape index (κ1) is 15.2. The summed E-state index contributed by atoms with van der Waals surface area (Å²) >= 11 is 0. The minimum Gasteiger partial charge on any atom is -1.00 e. The van der Waals surface area contributed by atoms with Gasteiger partial charge in [0.25, 0.3) is 0 Å². The Kier molecular flexibility index (Phi) is 7.05. The maximum atomic E-state index is 5.62. The fraction of sp³-hybridized carbons (Fsp3) is 0. The van der Waals surface area contributed by atoms with Crippen LogP contribution in [0.25, 0.3) is 0 Å². The molecule has 3 heteroatoms. The van der Waals surface area contributed by atoms with Crippen LogP contribution in [-0.2, 0) is 0 Å². The third kappa shape index (κ3) is 4.35. The van der Waals surface area contributed by atoms with Gasteiger partial charge >= 0.3 is 23.1 Å². The molecule has 0 N–H and O–H groups in total. The number of ether oxygens (including phenoxy) is 1. The Bertz CT molecular complexity index is 417. The van der Waals surface area contributed by atoms with Crippen molar-refractivity contribution in [3.8, 4) is 11.5 Å². The molecule has 2 aromatic rings. The van der Waals surface area contributed by atoms with Crippen LogP contribution in [0.3, 0.4) is 0 Å². The number of hydrogen-bond donors (Lipinski definition) is 0. The van der Waals surface area contributed by atoms with Crippen molar-refractivity contribution in [3.05, 3.63) is 67.1 Å². The summed E-state index contributed by atoms with van der Waals surface area (Å²) in [7, 11) is 0. The molecule has 0 aromatic heterocycles. The number of halogens is 1. The fourth-order valence-electron chi connectivity index (χ4n) is 1.23. The van der Waals surface area contributed by atoms with E-state index in [1.165, 1.54) is 0 Å². The molecule has 0 aliphatic rings. The summed E-state index contributed by atoms with van der Waals surface area (Å²) in [5, 5.41) is 0. The summed E-state index contributed by atoms with van der Waals surface area (Å²) in [6.07, 6.45) is 0. The van der Waals surface area contributed by atoms with Crippen molar-refractivity contribution in [2.24, 2.45) is 0 Å². The Morgan fingerprint density at radius 1 is 0.812 bits per heavy atom. The van der Waals surface area contributed by atoms with E-state index in [0.29, 0.717) is 0 Å². The normalized spacial score (nSPS) is 8.50. The van der Waals surface area contributed by atoms with Crippen LogP contribution in [0.15, 0.2) is 54.6 Å². The molecule has 0 aliphatic carbocycles. The average Bonchev–Trinajstić information content (AvgIpc) is 2.19. The molecule has 0 saturated heterocycles. The van der Waals surface area contributed by atoms with Crippen molar-refractivity contribution in [3.63, 3.8) is 0 Å². The zero-order valence-electron chi connectivity index (χ0n) is 8.90. The van der Waals surface area contributed by atoms with Crippen LogP contribution in [0.5, 0.6) is 11.5 Å². The topological polar surface area (TPSA) is 9.23 Å². The first-order chi connectivity index (χ1) is 6.84. The SMILES string of the molecule is [CH2-]c1cccc(Oc2ccccc2)c1.[Cl-].[Mg+2]. The second kappa shape index (κ2) is 7.44. The van der Waals surface area contributed by atoms with E-state index in [1.54, 1.807) is 0 Å². The van der Waals surface area contributed by atoms with Crippen molar-refractivity contribution < 1.29 is 17.1 Å². The molecule has 0 unspecified atom stereocenters. The largest absolute Gasteiger partial charge is 2.00 e. The summed E-state index contributed by atoms with van der Waals surface area (Å²) < 4.78 is 5.62. The van der Waals surface area contributed by atoms with Gasteiger partial charge < -0.3 is 17.1 Å². The molecule has 0 amide bonds. The molecular weight excluding hydrogens is 232 g/mol. The van der Waals surface area contributed by atoms with Crippen molar-refractivity contribution in [1.82, 2.24) is 0 Å². The third-order valence-electron chi connectivity index (χ3n) is 1.88. The van der Waals surface area contributed by atoms with Gasteiger partial charge in [0.05, 0.1) is 5.75 Å². The Labute approximate surface area is 118 Å². The summed E-state index contributed by atoms with van der Waals surface area (Å²) in [6, 6.07) is 17.4. The van der Waals surface area contributed by atoms with Crippen LogP contribution in [0, 0.1) is 6.92 Å². The van der Waals surface area contributed by atoms with E-state index in [4.69, 9.17) is 4.74 Å². The standard InChI is InChI=1S/C13H11O.ClH.Mg/c1-11-6-5-9-13(10-11)14-12-7-3-2-4-8-12;;/h2-10H,1H2;1H;/q-1;;+2/p-1. The van der Waals surface area contributed by atoms with Crippen LogP contribution in [-0.4, -0.2) is 23.1 Å². The van der Waals surface area contributed by atoms with Crippen LogP contribution in [0.4, 0.5) is 0 Å². The molecule has 78 valence electrons. The predicted octanol–water partition coefficient (Wildman–Crippen LogP) is 0.284. The van der Waals surface area contributed by atoms with Crippen LogP contribution in [0.2, 0.25) is 0 Å². The van der Waals surface area contributed by atoms with E-state index in [0.717, 1.165) is 17.1 Å². The van der Waals surface area contributed by atoms with Crippen LogP contribution < -0.4 is 17.1 Å². The number of rotatable bonds is 2. The zero-order valence-corrected chi connectivity index (χ0v) is 11.1. The molecule has 2 aromatic carbocycles. The first-order valence-electron chi connectivity index (χ1n) is 4.49. The molecule has 0 bridgehead atoms. The third-order valence-corrected chi connectivity index (χ3v) is 1.88. The van der Waals surface area contributed by atoms with E-state index < -0.39 is 0 Å². The summed E-state index contributed by atoms with van der Waals surface area (Å²) in [5.41, 5.74) is 0.957. The predicted molar refractivity (Wildman–Crippen MR) is 63.2 cm³/mol. The summed E-state index contributed by atoms with van der Waals surface area (Å²) in [4.78, 5) is 0. The molecule has 2 rings (SSSR count). The van der Waals surface area contributed by atoms with Gasteiger partial charge in [0.2, 0.25) is 0 Å². The Morgan fingerprint density at radius 3 is 2.06 bits per heavy atom. The van der Waals surface area contributed by atoms with E-state index in [2.05, 4.69) is 6.92 Å². The molecule has 0 atom stereocenters. The zero-order chi connectivity index (χ0) is 9.80. The van der Waals surface area contributed by atoms with Gasteiger partial charge in [-0.15, -0.1) is 12.1 Å². The molecule has 0 spiro atoms. The minimum atomic E-state index is 0. The van der Waals surface area contributed by atoms with Crippen molar-refractivity contribution in [2.45, 2.75) is 0 Å². The Balaban J connectivity index is 0.00000112. The Morgan fingerprint density at radius 2 is 1.44 bits per heavy atom. The average molecular weight is 243 g/mol. The number of hydrogen-bond acceptors (Lipinski definition) is 1. The molecule has 0 radical (unpaired) electrons. The maximum Gasteiger partial charge on any atom is 2.00 e.